The van der Waals surface area contributed by atoms with Gasteiger partial charge in [-0.05, 0) is 68.4 Å². The Kier molecular flexibility index (Phi) is 5.07. The molecule has 3 heterocycles. The van der Waals surface area contributed by atoms with Crippen molar-refractivity contribution in [2.24, 2.45) is 0 Å². The molecule has 29 heavy (non-hydrogen) atoms. The van der Waals surface area contributed by atoms with Gasteiger partial charge in [-0.2, -0.15) is 5.10 Å². The third-order valence-corrected chi connectivity index (χ3v) is 4.31. The Morgan fingerprint density at radius 2 is 1.69 bits per heavy atom. The number of rotatable bonds is 6. The largest absolute Gasteiger partial charge is 0.345 e. The number of aromatic nitrogens is 5. The minimum Gasteiger partial charge on any atom is -0.345 e. The lowest BCUT2D eigenvalue weighted by Gasteiger charge is -2.09. The highest BCUT2D eigenvalue weighted by atomic mass is 16.1. The fourth-order valence-corrected chi connectivity index (χ4v) is 2.99. The Morgan fingerprint density at radius 3 is 2.31 bits per heavy atom. The number of nitrogens with one attached hydrogen (secondary N) is 2. The molecule has 3 aromatic heterocycles. The average Bonchev–Trinajstić information content (AvgIpc) is 3.33. The molecule has 8 nitrogen and oxygen atoms in total. The molecule has 0 aliphatic carbocycles. The molecular weight excluding hydrogens is 366 g/mol. The van der Waals surface area contributed by atoms with Crippen LogP contribution in [0.4, 0.5) is 17.2 Å². The SMILES string of the molecule is Cc1cc(C)n(-c2ccc(Nc3ccc(NC(=O)Cn4cccc4)cc3)nn2)n1. The van der Waals surface area contributed by atoms with Gasteiger partial charge in [0.05, 0.1) is 5.69 Å². The zero-order valence-corrected chi connectivity index (χ0v) is 16.2. The normalized spacial score (nSPS) is 10.7. The van der Waals surface area contributed by atoms with Crippen LogP contribution < -0.4 is 10.6 Å². The first kappa shape index (κ1) is 18.4. The van der Waals surface area contributed by atoms with Gasteiger partial charge in [0.2, 0.25) is 5.91 Å². The van der Waals surface area contributed by atoms with Gasteiger partial charge in [-0.1, -0.05) is 0 Å². The summed E-state index contributed by atoms with van der Waals surface area (Å²) in [6, 6.07) is 16.9. The molecule has 0 atom stereocenters. The Morgan fingerprint density at radius 1 is 0.966 bits per heavy atom. The van der Waals surface area contributed by atoms with Gasteiger partial charge in [0.1, 0.15) is 6.54 Å². The second-order valence-electron chi connectivity index (χ2n) is 6.72. The number of amides is 1. The summed E-state index contributed by atoms with van der Waals surface area (Å²) >= 11 is 0. The minimum atomic E-state index is -0.0764. The average molecular weight is 387 g/mol. The first-order chi connectivity index (χ1) is 14.1. The molecule has 8 heteroatoms. The van der Waals surface area contributed by atoms with Crippen molar-refractivity contribution in [1.29, 1.82) is 0 Å². The van der Waals surface area contributed by atoms with E-state index in [0.29, 0.717) is 11.6 Å². The second kappa shape index (κ2) is 7.97. The van der Waals surface area contributed by atoms with Crippen molar-refractivity contribution < 1.29 is 4.79 Å². The molecule has 4 aromatic rings. The fraction of sp³-hybridized carbons (Fsp3) is 0.143. The van der Waals surface area contributed by atoms with E-state index < -0.39 is 0 Å². The lowest BCUT2D eigenvalue weighted by molar-refractivity contribution is -0.116. The molecule has 0 saturated carbocycles. The lowest BCUT2D eigenvalue weighted by atomic mass is 10.2. The van der Waals surface area contributed by atoms with Crippen molar-refractivity contribution in [2.45, 2.75) is 20.4 Å². The predicted molar refractivity (Wildman–Crippen MR) is 111 cm³/mol. The number of hydrogen-bond acceptors (Lipinski definition) is 5. The van der Waals surface area contributed by atoms with Gasteiger partial charge < -0.3 is 15.2 Å². The Bertz CT molecular complexity index is 1100. The van der Waals surface area contributed by atoms with Gasteiger partial charge in [0, 0.05) is 29.5 Å². The Balaban J connectivity index is 1.37. The Hall–Kier alpha value is -3.94. The van der Waals surface area contributed by atoms with E-state index >= 15 is 0 Å². The molecule has 2 N–H and O–H groups in total. The van der Waals surface area contributed by atoms with Crippen LogP contribution >= 0.6 is 0 Å². The second-order valence-corrected chi connectivity index (χ2v) is 6.72. The van der Waals surface area contributed by atoms with Gasteiger partial charge in [-0.3, -0.25) is 4.79 Å². The van der Waals surface area contributed by atoms with Crippen LogP contribution in [0, 0.1) is 13.8 Å². The smallest absolute Gasteiger partial charge is 0.244 e. The highest BCUT2D eigenvalue weighted by Gasteiger charge is 2.07. The minimum absolute atomic E-state index is 0.0764. The van der Waals surface area contributed by atoms with E-state index in [4.69, 9.17) is 0 Å². The first-order valence-corrected chi connectivity index (χ1v) is 9.22. The van der Waals surface area contributed by atoms with E-state index in [2.05, 4.69) is 25.9 Å². The van der Waals surface area contributed by atoms with Crippen LogP contribution in [0.15, 0.2) is 67.0 Å². The van der Waals surface area contributed by atoms with Gasteiger partial charge >= 0.3 is 0 Å². The summed E-state index contributed by atoms with van der Waals surface area (Å²) in [7, 11) is 0. The quantitative estimate of drug-likeness (QED) is 0.529. The zero-order chi connectivity index (χ0) is 20.2. The third-order valence-electron chi connectivity index (χ3n) is 4.31. The Labute approximate surface area is 168 Å². The number of carbonyl (C=O) groups excluding carboxylic acids is 1. The molecule has 1 amide bonds. The lowest BCUT2D eigenvalue weighted by Crippen LogP contribution is -2.17. The van der Waals surface area contributed by atoms with Crippen molar-refractivity contribution in [3.63, 3.8) is 0 Å². The van der Waals surface area contributed by atoms with Crippen LogP contribution in [0.1, 0.15) is 11.4 Å². The van der Waals surface area contributed by atoms with Crippen molar-refractivity contribution >= 4 is 23.1 Å². The number of anilines is 3. The summed E-state index contributed by atoms with van der Waals surface area (Å²) in [6.45, 7) is 4.20. The van der Waals surface area contributed by atoms with Crippen LogP contribution in [-0.4, -0.2) is 30.5 Å². The van der Waals surface area contributed by atoms with E-state index in [-0.39, 0.29) is 12.5 Å². The van der Waals surface area contributed by atoms with Crippen molar-refractivity contribution in [3.8, 4) is 5.82 Å². The van der Waals surface area contributed by atoms with Gasteiger partial charge in [0.25, 0.3) is 0 Å². The standard InChI is InChI=1S/C21H21N7O/c1-15-13-16(2)28(26-15)20-10-9-19(24-25-20)22-17-5-7-18(8-6-17)23-21(29)14-27-11-3-4-12-27/h3-13H,14H2,1-2H3,(H,22,24)(H,23,29). The molecule has 0 unspecified atom stereocenters. The van der Waals surface area contributed by atoms with Crippen molar-refractivity contribution in [1.82, 2.24) is 24.5 Å². The molecule has 0 aliphatic rings. The molecule has 0 fully saturated rings. The third kappa shape index (κ3) is 4.49. The summed E-state index contributed by atoms with van der Waals surface area (Å²) in [6.07, 6.45) is 3.71. The summed E-state index contributed by atoms with van der Waals surface area (Å²) in [5.74, 6) is 1.22. The molecule has 4 rings (SSSR count). The van der Waals surface area contributed by atoms with Gasteiger partial charge in [-0.25, -0.2) is 4.68 Å². The van der Waals surface area contributed by atoms with E-state index in [1.165, 1.54) is 0 Å². The van der Waals surface area contributed by atoms with Crippen LogP contribution in [0.5, 0.6) is 0 Å². The van der Waals surface area contributed by atoms with Gasteiger partial charge in [0.15, 0.2) is 11.6 Å². The summed E-state index contributed by atoms with van der Waals surface area (Å²) < 4.78 is 3.58. The van der Waals surface area contributed by atoms with E-state index in [0.717, 1.165) is 22.8 Å². The van der Waals surface area contributed by atoms with Crippen molar-refractivity contribution in [3.05, 3.63) is 78.4 Å². The molecule has 0 bridgehead atoms. The maximum Gasteiger partial charge on any atom is 0.244 e. The number of benzene rings is 1. The number of aryl methyl sites for hydroxylation is 2. The summed E-state index contributed by atoms with van der Waals surface area (Å²) in [4.78, 5) is 12.1. The topological polar surface area (TPSA) is 89.7 Å². The zero-order valence-electron chi connectivity index (χ0n) is 16.2. The van der Waals surface area contributed by atoms with E-state index in [9.17, 15) is 4.79 Å². The van der Waals surface area contributed by atoms with Crippen molar-refractivity contribution in [2.75, 3.05) is 10.6 Å². The predicted octanol–water partition coefficient (Wildman–Crippen LogP) is 3.46. The molecule has 0 saturated heterocycles. The molecule has 0 radical (unpaired) electrons. The highest BCUT2D eigenvalue weighted by Crippen LogP contribution is 2.18. The van der Waals surface area contributed by atoms with Gasteiger partial charge in [-0.15, -0.1) is 10.2 Å². The highest BCUT2D eigenvalue weighted by molar-refractivity contribution is 5.90. The molecule has 146 valence electrons. The molecular formula is C21H21N7O. The fourth-order valence-electron chi connectivity index (χ4n) is 2.99. The first-order valence-electron chi connectivity index (χ1n) is 9.22. The monoisotopic (exact) mass is 387 g/mol. The maximum atomic E-state index is 12.1. The number of nitrogens with zero attached hydrogens (tertiary/aromatic N) is 5. The van der Waals surface area contributed by atoms with E-state index in [1.807, 2.05) is 85.4 Å². The molecule has 0 aliphatic heterocycles. The van der Waals surface area contributed by atoms with Crippen LogP contribution in [0.2, 0.25) is 0 Å². The van der Waals surface area contributed by atoms with E-state index in [1.54, 1.807) is 4.68 Å². The van der Waals surface area contributed by atoms with Crippen LogP contribution in [-0.2, 0) is 11.3 Å². The summed E-state index contributed by atoms with van der Waals surface area (Å²) in [5.41, 5.74) is 3.53. The van der Waals surface area contributed by atoms with Crippen LogP contribution in [0.3, 0.4) is 0 Å². The number of carbonyl (C=O) groups is 1. The maximum absolute atomic E-state index is 12.1. The molecule has 1 aromatic carbocycles. The molecule has 0 spiro atoms. The summed E-state index contributed by atoms with van der Waals surface area (Å²) in [5, 5.41) is 18.9. The number of hydrogen-bond donors (Lipinski definition) is 2. The van der Waals surface area contributed by atoms with Crippen LogP contribution in [0.25, 0.3) is 5.82 Å².